The number of likely N-dealkylation sites (tertiary alicyclic amines) is 2. The number of aliphatic imine (C=N–C) groups is 2. The van der Waals surface area contributed by atoms with Crippen molar-refractivity contribution in [2.24, 2.45) is 9.98 Å². The fraction of sp³-hybridized carbons (Fsp3) is 0.417. The highest BCUT2D eigenvalue weighted by molar-refractivity contribution is 9.10. The minimum absolute atomic E-state index is 0.0379. The molecule has 76 heavy (non-hydrogen) atoms. The molecule has 2 fully saturated rings. The molecule has 4 atom stereocenters. The van der Waals surface area contributed by atoms with Gasteiger partial charge in [-0.05, 0) is 43.7 Å². The van der Waals surface area contributed by atoms with Crippen molar-refractivity contribution < 1.29 is 65.2 Å². The molecule has 2 saturated heterocycles. The third-order valence-corrected chi connectivity index (χ3v) is 16.5. The quantitative estimate of drug-likeness (QED) is 0.0481. The first-order chi connectivity index (χ1) is 36.1. The number of hydrogen-bond acceptors (Lipinski definition) is 18. The smallest absolute Gasteiger partial charge is 0.338 e. The number of rotatable bonds is 20. The fourth-order valence-electron chi connectivity index (χ4n) is 8.73. The van der Waals surface area contributed by atoms with Gasteiger partial charge in [0, 0.05) is 99.1 Å². The molecule has 4 unspecified atom stereocenters. The minimum Gasteiger partial charge on any atom is -0.481 e. The van der Waals surface area contributed by atoms with Crippen LogP contribution in [-0.2, 0) is 28.7 Å². The number of halogens is 8. The van der Waals surface area contributed by atoms with Crippen molar-refractivity contribution in [2.75, 3.05) is 62.4 Å². The summed E-state index contributed by atoms with van der Waals surface area (Å²) in [5.41, 5.74) is 1.60. The second kappa shape index (κ2) is 26.1. The number of aliphatic carboxylic acids is 2. The summed E-state index contributed by atoms with van der Waals surface area (Å²) in [6, 6.07) is 4.54. The largest absolute Gasteiger partial charge is 0.481 e. The van der Waals surface area contributed by atoms with Gasteiger partial charge in [-0.2, -0.15) is 0 Å². The molecule has 0 saturated carbocycles. The van der Waals surface area contributed by atoms with Crippen LogP contribution >= 0.6 is 73.7 Å². The number of aromatic nitrogens is 2. The lowest BCUT2D eigenvalue weighted by Crippen LogP contribution is -2.42. The Morgan fingerprint density at radius 1 is 0.737 bits per heavy atom. The molecule has 2 aromatic heterocycles. The van der Waals surface area contributed by atoms with Gasteiger partial charge >= 0.3 is 23.9 Å². The summed E-state index contributed by atoms with van der Waals surface area (Å²) >= 11 is 14.4. The maximum atomic E-state index is 14.5. The Hall–Kier alpha value is -5.03. The Labute approximate surface area is 461 Å². The number of thiazole rings is 2. The molecule has 0 spiro atoms. The van der Waals surface area contributed by atoms with E-state index in [0.29, 0.717) is 43.0 Å². The molecule has 0 bridgehead atoms. The second-order valence-electron chi connectivity index (χ2n) is 17.3. The van der Waals surface area contributed by atoms with Gasteiger partial charge in [0.2, 0.25) is 0 Å². The van der Waals surface area contributed by atoms with Gasteiger partial charge in [-0.3, -0.25) is 29.4 Å². The number of amidine groups is 2. The van der Waals surface area contributed by atoms with Crippen molar-refractivity contribution in [2.45, 2.75) is 62.7 Å². The number of thioether (sulfide) groups is 2. The number of carboxylic acid groups (broad SMARTS) is 2. The van der Waals surface area contributed by atoms with Crippen LogP contribution in [0.15, 0.2) is 96.5 Å². The molecular formula is C48H48BrClF6N8O8S4. The number of carboxylic acids is 2. The predicted octanol–water partition coefficient (Wildman–Crippen LogP) is 8.85. The zero-order chi connectivity index (χ0) is 54.9. The van der Waals surface area contributed by atoms with Crippen LogP contribution in [0.4, 0.5) is 26.3 Å². The number of hydrogen-bond donors (Lipinski definition) is 4. The van der Waals surface area contributed by atoms with Crippen LogP contribution in [-0.4, -0.2) is 152 Å². The number of ether oxygens (including phenoxy) is 2. The van der Waals surface area contributed by atoms with Gasteiger partial charge in [0.1, 0.15) is 23.7 Å². The van der Waals surface area contributed by atoms with E-state index in [-0.39, 0.29) is 71.2 Å². The van der Waals surface area contributed by atoms with Crippen LogP contribution in [0.5, 0.6) is 0 Å². The molecule has 4 aliphatic heterocycles. The molecule has 6 heterocycles. The minimum atomic E-state index is -2.99. The monoisotopic (exact) mass is 1220 g/mol. The Kier molecular flexibility index (Phi) is 20.1. The normalized spacial score (nSPS) is 21.2. The Balaban J connectivity index is 0.000000221. The van der Waals surface area contributed by atoms with E-state index < -0.39 is 97.5 Å². The zero-order valence-corrected chi connectivity index (χ0v) is 45.9. The summed E-state index contributed by atoms with van der Waals surface area (Å²) in [4.78, 5) is 69.4. The van der Waals surface area contributed by atoms with E-state index in [1.165, 1.54) is 62.8 Å². The molecule has 4 N–H and O–H groups in total. The van der Waals surface area contributed by atoms with Gasteiger partial charge in [-0.25, -0.2) is 45.9 Å². The molecule has 4 aromatic rings. The van der Waals surface area contributed by atoms with E-state index >= 15 is 0 Å². The highest BCUT2D eigenvalue weighted by atomic mass is 79.9. The van der Waals surface area contributed by atoms with Crippen molar-refractivity contribution in [3.05, 3.63) is 124 Å². The van der Waals surface area contributed by atoms with Crippen molar-refractivity contribution in [1.29, 1.82) is 0 Å². The van der Waals surface area contributed by atoms with Gasteiger partial charge in [-0.15, -0.1) is 46.2 Å². The van der Waals surface area contributed by atoms with Crippen LogP contribution < -0.4 is 10.6 Å². The summed E-state index contributed by atoms with van der Waals surface area (Å²) in [7, 11) is 0. The highest BCUT2D eigenvalue weighted by Crippen LogP contribution is 2.41. The van der Waals surface area contributed by atoms with Gasteiger partial charge < -0.3 is 30.3 Å². The number of esters is 2. The van der Waals surface area contributed by atoms with E-state index in [1.807, 2.05) is 0 Å². The first-order valence-corrected chi connectivity index (χ1v) is 28.4. The predicted molar refractivity (Wildman–Crippen MR) is 282 cm³/mol. The third kappa shape index (κ3) is 15.2. The molecule has 0 aliphatic carbocycles. The molecular weight excluding hydrogens is 1170 g/mol. The second-order valence-corrected chi connectivity index (χ2v) is 22.4. The standard InChI is InChI=1S/C24H24BrF3N4O4S2.C24H24ClF3N4O4S2/c2*1-2-36-23(35)19-17(9-32-12-24(27,28)8-14(32)10-37-11-18(33)34)30-21(22-29-5-6-38-22)31-20(19)15-4-3-13(26)7-16(15)25/h2*3-7,14,20H,2,8-12H2,1H3,(H,30,31)(H,33,34). The van der Waals surface area contributed by atoms with Crippen LogP contribution in [0.3, 0.4) is 0 Å². The van der Waals surface area contributed by atoms with E-state index in [0.717, 1.165) is 29.6 Å². The van der Waals surface area contributed by atoms with Gasteiger partial charge in [-0.1, -0.05) is 39.7 Å². The first kappa shape index (κ1) is 58.6. The van der Waals surface area contributed by atoms with Crippen LogP contribution in [0, 0.1) is 11.6 Å². The number of carbonyl (C=O) groups excluding carboxylic acids is 2. The number of carbonyl (C=O) groups is 4. The van der Waals surface area contributed by atoms with Crippen molar-refractivity contribution in [1.82, 2.24) is 30.4 Å². The summed E-state index contributed by atoms with van der Waals surface area (Å²) in [6.45, 7) is 2.13. The highest BCUT2D eigenvalue weighted by Gasteiger charge is 2.48. The molecule has 408 valence electrons. The average Bonchev–Trinajstić information content (AvgIpc) is 4.18. The number of nitrogens with zero attached hydrogens (tertiary/aromatic N) is 6. The number of nitrogens with one attached hydrogen (secondary N) is 2. The summed E-state index contributed by atoms with van der Waals surface area (Å²) in [6.07, 6.45) is 2.29. The van der Waals surface area contributed by atoms with Crippen LogP contribution in [0.1, 0.15) is 59.9 Å². The maximum absolute atomic E-state index is 14.5. The van der Waals surface area contributed by atoms with Gasteiger partial charge in [0.25, 0.3) is 11.8 Å². The topological polar surface area (TPSA) is 208 Å². The van der Waals surface area contributed by atoms with E-state index in [2.05, 4.69) is 41.5 Å². The van der Waals surface area contributed by atoms with E-state index in [1.54, 1.807) is 37.0 Å². The van der Waals surface area contributed by atoms with Gasteiger partial charge in [0.05, 0.1) is 49.0 Å². The maximum Gasteiger partial charge on any atom is 0.338 e. The van der Waals surface area contributed by atoms with E-state index in [4.69, 9.17) is 36.3 Å². The SMILES string of the molecule is CCOC(=O)C1=C(CN2CC(F)(F)CC2CSCC(=O)O)NC(c2nccs2)=NC1c1ccc(F)cc1Br.CCOC(=O)C1=C(CN2CC(F)(F)CC2CSCC(=O)O)NC(c2nccs2)=NC1c1ccc(F)cc1Cl. The lowest BCUT2D eigenvalue weighted by molar-refractivity contribution is -0.139. The third-order valence-electron chi connectivity index (χ3n) is 11.8. The molecule has 28 heteroatoms. The molecule has 0 radical (unpaired) electrons. The summed E-state index contributed by atoms with van der Waals surface area (Å²) < 4.78 is 96.8. The summed E-state index contributed by atoms with van der Waals surface area (Å²) in [5, 5.41) is 28.7. The zero-order valence-electron chi connectivity index (χ0n) is 40.3. The fourth-order valence-corrected chi connectivity index (χ4v) is 12.5. The van der Waals surface area contributed by atoms with Gasteiger partial charge in [0.15, 0.2) is 21.7 Å². The molecule has 2 aromatic carbocycles. The molecule has 8 rings (SSSR count). The molecule has 4 aliphatic rings. The summed E-state index contributed by atoms with van der Waals surface area (Å²) in [5.74, 6) is -9.88. The Bertz CT molecular complexity index is 2710. The number of alkyl halides is 4. The lowest BCUT2D eigenvalue weighted by atomic mass is 9.95. The van der Waals surface area contributed by atoms with Crippen LogP contribution in [0.2, 0.25) is 5.02 Å². The number of benzene rings is 2. The average molecular weight is 1220 g/mol. The van der Waals surface area contributed by atoms with Crippen LogP contribution in [0.25, 0.3) is 0 Å². The van der Waals surface area contributed by atoms with E-state index in [9.17, 15) is 45.5 Å². The Morgan fingerprint density at radius 2 is 1.17 bits per heavy atom. The Morgan fingerprint density at radius 3 is 1.57 bits per heavy atom. The van der Waals surface area contributed by atoms with Crippen molar-refractivity contribution >= 4 is 109 Å². The molecule has 16 nitrogen and oxygen atoms in total. The lowest BCUT2D eigenvalue weighted by Gasteiger charge is -2.31. The van der Waals surface area contributed by atoms with Crippen molar-refractivity contribution in [3.63, 3.8) is 0 Å². The molecule has 0 amide bonds. The first-order valence-electron chi connectivity index (χ1n) is 23.2. The van der Waals surface area contributed by atoms with Crippen molar-refractivity contribution in [3.8, 4) is 0 Å².